The van der Waals surface area contributed by atoms with Crippen LogP contribution in [-0.4, -0.2) is 32.1 Å². The normalized spacial score (nSPS) is 26.4. The van der Waals surface area contributed by atoms with Gasteiger partial charge in [0.25, 0.3) is 0 Å². The Kier molecular flexibility index (Phi) is 4.01. The van der Waals surface area contributed by atoms with Crippen molar-refractivity contribution in [3.63, 3.8) is 0 Å². The summed E-state index contributed by atoms with van der Waals surface area (Å²) in [4.78, 5) is 0. The summed E-state index contributed by atoms with van der Waals surface area (Å²) >= 11 is 0. The average molecular weight is 284 g/mol. The predicted molar refractivity (Wildman–Crippen MR) is 70.2 cm³/mol. The highest BCUT2D eigenvalue weighted by molar-refractivity contribution is 5.76. The third-order valence-corrected chi connectivity index (χ3v) is 3.41. The van der Waals surface area contributed by atoms with Crippen LogP contribution in [0.1, 0.15) is 5.56 Å². The highest BCUT2D eigenvalue weighted by atomic mass is 19.4. The van der Waals surface area contributed by atoms with Crippen LogP contribution in [0.5, 0.6) is 0 Å². The Balaban J connectivity index is 2.42. The molecule has 1 aliphatic rings. The third kappa shape index (κ3) is 2.39. The zero-order valence-electron chi connectivity index (χ0n) is 11.1. The van der Waals surface area contributed by atoms with Crippen LogP contribution in [0, 0.1) is 0 Å². The van der Waals surface area contributed by atoms with E-state index in [9.17, 15) is 13.2 Å². The van der Waals surface area contributed by atoms with E-state index < -0.39 is 17.9 Å². The molecule has 0 spiro atoms. The first kappa shape index (κ1) is 14.8. The molecule has 2 nitrogen and oxygen atoms in total. The van der Waals surface area contributed by atoms with Gasteiger partial charge in [0, 0.05) is 14.2 Å². The first-order chi connectivity index (χ1) is 9.44. The lowest BCUT2D eigenvalue weighted by Gasteiger charge is -2.38. The molecule has 1 aliphatic carbocycles. The summed E-state index contributed by atoms with van der Waals surface area (Å²) in [6.07, 6.45) is -1.91. The van der Waals surface area contributed by atoms with E-state index in [0.717, 1.165) is 18.7 Å². The molecule has 0 aromatic heterocycles. The molecule has 0 saturated heterocycles. The molecule has 0 aliphatic heterocycles. The largest absolute Gasteiger partial charge is 0.424 e. The highest BCUT2D eigenvalue weighted by Gasteiger charge is 2.59. The van der Waals surface area contributed by atoms with Gasteiger partial charge >= 0.3 is 6.18 Å². The molecule has 0 amide bonds. The maximum absolute atomic E-state index is 13.3. The molecule has 0 saturated carbocycles. The molecule has 0 fully saturated rings. The van der Waals surface area contributed by atoms with Gasteiger partial charge in [0.2, 0.25) is 5.60 Å². The molecule has 108 valence electrons. The quantitative estimate of drug-likeness (QED) is 0.844. The Bertz CT molecular complexity index is 520. The number of halogens is 3. The highest BCUT2D eigenvalue weighted by Crippen LogP contribution is 2.42. The van der Waals surface area contributed by atoms with Crippen molar-refractivity contribution in [1.82, 2.24) is 0 Å². The van der Waals surface area contributed by atoms with Gasteiger partial charge in [-0.15, -0.1) is 0 Å². The lowest BCUT2D eigenvalue weighted by Crippen LogP contribution is -2.55. The van der Waals surface area contributed by atoms with Crippen molar-refractivity contribution >= 4 is 5.57 Å². The van der Waals surface area contributed by atoms with Crippen LogP contribution in [0.3, 0.4) is 0 Å². The van der Waals surface area contributed by atoms with Gasteiger partial charge in [-0.3, -0.25) is 0 Å². The minimum atomic E-state index is -4.56. The zero-order valence-corrected chi connectivity index (χ0v) is 11.1. The monoisotopic (exact) mass is 284 g/mol. The molecule has 0 radical (unpaired) electrons. The summed E-state index contributed by atoms with van der Waals surface area (Å²) in [5.41, 5.74) is -0.938. The molecule has 1 aromatic carbocycles. The van der Waals surface area contributed by atoms with Gasteiger partial charge in [-0.2, -0.15) is 13.2 Å². The van der Waals surface area contributed by atoms with Gasteiger partial charge in [-0.05, 0) is 23.3 Å². The smallest absolute Gasteiger partial charge is 0.374 e. The van der Waals surface area contributed by atoms with Crippen LogP contribution in [0.15, 0.2) is 48.6 Å². The van der Waals surface area contributed by atoms with Crippen LogP contribution in [0.4, 0.5) is 13.2 Å². The van der Waals surface area contributed by atoms with E-state index in [1.165, 1.54) is 19.3 Å². The number of hydrogen-bond acceptors (Lipinski definition) is 2. The fourth-order valence-electron chi connectivity index (χ4n) is 2.27. The lowest BCUT2D eigenvalue weighted by molar-refractivity contribution is -0.274. The van der Waals surface area contributed by atoms with Crippen molar-refractivity contribution < 1.29 is 22.6 Å². The SMILES string of the molecule is COC1C=C(c2ccccc2)C=CC1(OC)C(F)(F)F. The summed E-state index contributed by atoms with van der Waals surface area (Å²) in [5.74, 6) is 0. The first-order valence-corrected chi connectivity index (χ1v) is 6.06. The van der Waals surface area contributed by atoms with E-state index >= 15 is 0 Å². The molecule has 2 rings (SSSR count). The van der Waals surface area contributed by atoms with Crippen molar-refractivity contribution in [1.29, 1.82) is 0 Å². The second-order valence-electron chi connectivity index (χ2n) is 4.47. The van der Waals surface area contributed by atoms with Crippen LogP contribution in [0.2, 0.25) is 0 Å². The van der Waals surface area contributed by atoms with Crippen molar-refractivity contribution in [2.45, 2.75) is 17.9 Å². The third-order valence-electron chi connectivity index (χ3n) is 3.41. The fraction of sp³-hybridized carbons (Fsp3) is 0.333. The topological polar surface area (TPSA) is 18.5 Å². The average Bonchev–Trinajstić information content (AvgIpc) is 2.46. The van der Waals surface area contributed by atoms with Gasteiger partial charge < -0.3 is 9.47 Å². The minimum Gasteiger partial charge on any atom is -0.374 e. The molecule has 2 atom stereocenters. The molecule has 0 heterocycles. The Morgan fingerprint density at radius 3 is 2.25 bits per heavy atom. The van der Waals surface area contributed by atoms with E-state index in [-0.39, 0.29) is 0 Å². The Labute approximate surface area is 115 Å². The van der Waals surface area contributed by atoms with Crippen molar-refractivity contribution in [3.05, 3.63) is 54.1 Å². The first-order valence-electron chi connectivity index (χ1n) is 6.06. The number of hydrogen-bond donors (Lipinski definition) is 0. The van der Waals surface area contributed by atoms with Crippen molar-refractivity contribution in [2.24, 2.45) is 0 Å². The Morgan fingerprint density at radius 1 is 1.10 bits per heavy atom. The maximum atomic E-state index is 13.3. The lowest BCUT2D eigenvalue weighted by atomic mass is 9.86. The van der Waals surface area contributed by atoms with Gasteiger partial charge in [0.15, 0.2) is 0 Å². The van der Waals surface area contributed by atoms with Crippen molar-refractivity contribution in [3.8, 4) is 0 Å². The number of rotatable bonds is 3. The number of methoxy groups -OCH3 is 2. The second kappa shape index (κ2) is 5.42. The molecule has 5 heteroatoms. The van der Waals surface area contributed by atoms with E-state index in [1.807, 2.05) is 30.3 Å². The fourth-order valence-corrected chi connectivity index (χ4v) is 2.27. The molecule has 0 N–H and O–H groups in total. The Morgan fingerprint density at radius 2 is 1.75 bits per heavy atom. The summed E-state index contributed by atoms with van der Waals surface area (Å²) in [6, 6.07) is 9.16. The second-order valence-corrected chi connectivity index (χ2v) is 4.47. The standard InChI is InChI=1S/C15H15F3O2/c1-19-13-10-12(11-6-4-3-5-7-11)8-9-14(13,20-2)15(16,17)18/h3-10,13H,1-2H3. The number of alkyl halides is 3. The van der Waals surface area contributed by atoms with Gasteiger partial charge in [0.05, 0.1) is 0 Å². The summed E-state index contributed by atoms with van der Waals surface area (Å²) in [5, 5.41) is 0. The van der Waals surface area contributed by atoms with Gasteiger partial charge in [0.1, 0.15) is 6.10 Å². The van der Waals surface area contributed by atoms with Crippen molar-refractivity contribution in [2.75, 3.05) is 14.2 Å². The summed E-state index contributed by atoms with van der Waals surface area (Å²) in [6.45, 7) is 0. The number of allylic oxidation sites excluding steroid dienone is 2. The summed E-state index contributed by atoms with van der Waals surface area (Å²) in [7, 11) is 2.27. The number of ether oxygens (including phenoxy) is 2. The molecule has 0 bridgehead atoms. The van der Waals surface area contributed by atoms with Crippen LogP contribution < -0.4 is 0 Å². The van der Waals surface area contributed by atoms with Crippen LogP contribution in [-0.2, 0) is 9.47 Å². The van der Waals surface area contributed by atoms with Gasteiger partial charge in [-0.25, -0.2) is 0 Å². The number of benzene rings is 1. The van der Waals surface area contributed by atoms with E-state index in [1.54, 1.807) is 0 Å². The molecule has 2 unspecified atom stereocenters. The molecular formula is C15H15F3O2. The predicted octanol–water partition coefficient (Wildman–Crippen LogP) is 3.60. The zero-order chi connectivity index (χ0) is 14.8. The van der Waals surface area contributed by atoms with Crippen LogP contribution >= 0.6 is 0 Å². The van der Waals surface area contributed by atoms with E-state index in [2.05, 4.69) is 0 Å². The van der Waals surface area contributed by atoms with E-state index in [4.69, 9.17) is 9.47 Å². The van der Waals surface area contributed by atoms with E-state index in [0.29, 0.717) is 5.57 Å². The molecule has 20 heavy (non-hydrogen) atoms. The molecular weight excluding hydrogens is 269 g/mol. The maximum Gasteiger partial charge on any atom is 0.424 e. The Hall–Kier alpha value is -1.59. The minimum absolute atomic E-state index is 0.675. The van der Waals surface area contributed by atoms with Crippen LogP contribution in [0.25, 0.3) is 5.57 Å². The molecule has 1 aromatic rings. The van der Waals surface area contributed by atoms with Gasteiger partial charge in [-0.1, -0.05) is 36.4 Å². The summed E-state index contributed by atoms with van der Waals surface area (Å²) < 4.78 is 49.6.